The molecule has 0 spiro atoms. The third-order valence-electron chi connectivity index (χ3n) is 5.80. The number of pyridine rings is 1. The molecule has 0 saturated carbocycles. The number of nitrogens with one attached hydrogen (secondary N) is 1. The lowest BCUT2D eigenvalue weighted by Crippen LogP contribution is -2.43. The van der Waals surface area contributed by atoms with E-state index in [0.717, 1.165) is 53.9 Å². The van der Waals surface area contributed by atoms with Crippen molar-refractivity contribution in [1.82, 2.24) is 9.88 Å². The fraction of sp³-hybridized carbons (Fsp3) is 0.160. The van der Waals surface area contributed by atoms with E-state index < -0.39 is 0 Å². The van der Waals surface area contributed by atoms with E-state index in [4.69, 9.17) is 34.8 Å². The second kappa shape index (κ2) is 8.80. The van der Waals surface area contributed by atoms with Crippen LogP contribution >= 0.6 is 34.8 Å². The van der Waals surface area contributed by atoms with Gasteiger partial charge >= 0.3 is 0 Å². The molecule has 5 rings (SSSR count). The summed E-state index contributed by atoms with van der Waals surface area (Å²) in [5.74, 6) is 0. The highest BCUT2D eigenvalue weighted by molar-refractivity contribution is 6.38. The van der Waals surface area contributed by atoms with Crippen molar-refractivity contribution in [2.45, 2.75) is 0 Å². The molecule has 2 heterocycles. The Hall–Kier alpha value is -2.50. The highest BCUT2D eigenvalue weighted by atomic mass is 35.5. The van der Waals surface area contributed by atoms with Crippen LogP contribution in [0.2, 0.25) is 15.1 Å². The highest BCUT2D eigenvalue weighted by Crippen LogP contribution is 2.38. The molecule has 1 N–H and O–H groups in total. The van der Waals surface area contributed by atoms with Crippen molar-refractivity contribution in [3.63, 3.8) is 0 Å². The maximum absolute atomic E-state index is 13.1. The van der Waals surface area contributed by atoms with E-state index in [-0.39, 0.29) is 5.56 Å². The van der Waals surface area contributed by atoms with Gasteiger partial charge in [0, 0.05) is 53.9 Å². The van der Waals surface area contributed by atoms with Gasteiger partial charge in [0.15, 0.2) is 0 Å². The van der Waals surface area contributed by atoms with E-state index in [1.807, 2.05) is 36.4 Å². The molecule has 0 amide bonds. The summed E-state index contributed by atoms with van der Waals surface area (Å²) in [4.78, 5) is 15.4. The molecule has 3 aromatic carbocycles. The summed E-state index contributed by atoms with van der Waals surface area (Å²) >= 11 is 19.6. The van der Waals surface area contributed by atoms with E-state index in [9.17, 15) is 4.79 Å². The maximum atomic E-state index is 13.1. The Morgan fingerprint density at radius 3 is 2.16 bits per heavy atom. The third-order valence-corrected chi connectivity index (χ3v) is 6.74. The van der Waals surface area contributed by atoms with Gasteiger partial charge in [-0.15, -0.1) is 0 Å². The average Bonchev–Trinajstić information content (AvgIpc) is 2.80. The van der Waals surface area contributed by atoms with Crippen LogP contribution in [0.25, 0.3) is 27.7 Å². The van der Waals surface area contributed by atoms with Crippen LogP contribution in [0.5, 0.6) is 0 Å². The van der Waals surface area contributed by atoms with Crippen molar-refractivity contribution >= 4 is 51.4 Å². The van der Waals surface area contributed by atoms with Crippen LogP contribution in [0.1, 0.15) is 0 Å². The zero-order chi connectivity index (χ0) is 22.2. The molecular formula is C25H20Cl3N3O. The first-order valence-corrected chi connectivity index (χ1v) is 11.5. The van der Waals surface area contributed by atoms with E-state index in [1.54, 1.807) is 28.8 Å². The summed E-state index contributed by atoms with van der Waals surface area (Å²) < 4.78 is 1.60. The Morgan fingerprint density at radius 1 is 0.750 bits per heavy atom. The number of nitrogens with zero attached hydrogens (tertiary/aromatic N) is 2. The molecule has 32 heavy (non-hydrogen) atoms. The van der Waals surface area contributed by atoms with Crippen LogP contribution < -0.4 is 15.8 Å². The Labute approximate surface area is 200 Å². The van der Waals surface area contributed by atoms with Crippen LogP contribution in [-0.2, 0) is 0 Å². The zero-order valence-corrected chi connectivity index (χ0v) is 19.4. The number of anilines is 1. The fourth-order valence-corrected chi connectivity index (χ4v) is 5.08. The molecule has 7 heteroatoms. The smallest absolute Gasteiger partial charge is 0.255 e. The monoisotopic (exact) mass is 483 g/mol. The van der Waals surface area contributed by atoms with Crippen LogP contribution in [0.15, 0.2) is 71.5 Å². The first-order chi connectivity index (χ1) is 15.5. The molecule has 0 unspecified atom stereocenters. The number of aromatic nitrogens is 1. The van der Waals surface area contributed by atoms with E-state index in [2.05, 4.69) is 16.3 Å². The molecule has 1 aliphatic rings. The maximum Gasteiger partial charge on any atom is 0.255 e. The minimum atomic E-state index is -0.199. The minimum absolute atomic E-state index is 0.199. The number of fused-ring (bicyclic) bond motifs is 1. The van der Waals surface area contributed by atoms with Crippen LogP contribution in [0, 0.1) is 0 Å². The van der Waals surface area contributed by atoms with Crippen LogP contribution in [0.4, 0.5) is 5.69 Å². The van der Waals surface area contributed by atoms with Crippen molar-refractivity contribution in [2.75, 3.05) is 31.1 Å². The summed E-state index contributed by atoms with van der Waals surface area (Å²) in [6.07, 6.45) is 0. The van der Waals surface area contributed by atoms with Crippen molar-refractivity contribution in [2.24, 2.45) is 0 Å². The van der Waals surface area contributed by atoms with Gasteiger partial charge in [-0.1, -0.05) is 59.1 Å². The molecule has 4 aromatic rings. The van der Waals surface area contributed by atoms with E-state index in [1.165, 1.54) is 0 Å². The van der Waals surface area contributed by atoms with Gasteiger partial charge < -0.3 is 10.2 Å². The van der Waals surface area contributed by atoms with Gasteiger partial charge in [0.25, 0.3) is 5.56 Å². The predicted molar refractivity (Wildman–Crippen MR) is 135 cm³/mol. The minimum Gasteiger partial charge on any atom is -0.369 e. The zero-order valence-electron chi connectivity index (χ0n) is 17.1. The first-order valence-electron chi connectivity index (χ1n) is 10.4. The topological polar surface area (TPSA) is 37.3 Å². The number of piperazine rings is 1. The summed E-state index contributed by atoms with van der Waals surface area (Å²) in [7, 11) is 0. The number of para-hydroxylation sites is 1. The molecule has 4 nitrogen and oxygen atoms in total. The quantitative estimate of drug-likeness (QED) is 0.386. The van der Waals surface area contributed by atoms with Gasteiger partial charge in [-0.25, -0.2) is 0 Å². The van der Waals surface area contributed by atoms with Crippen molar-refractivity contribution in [3.05, 3.63) is 92.2 Å². The molecule has 1 aliphatic heterocycles. The number of benzene rings is 3. The highest BCUT2D eigenvalue weighted by Gasteiger charge is 2.19. The summed E-state index contributed by atoms with van der Waals surface area (Å²) in [5, 5.41) is 5.77. The molecule has 0 aliphatic carbocycles. The SMILES string of the molecule is O=c1ccc2c(-c3ccccc3Cl)cc(N3CCNCC3)cc2n1-c1c(Cl)cccc1Cl. The normalized spacial score (nSPS) is 14.2. The Morgan fingerprint density at radius 2 is 1.44 bits per heavy atom. The van der Waals surface area contributed by atoms with Gasteiger partial charge in [-0.05, 0) is 42.0 Å². The molecule has 1 saturated heterocycles. The third kappa shape index (κ3) is 3.78. The average molecular weight is 485 g/mol. The van der Waals surface area contributed by atoms with Gasteiger partial charge in [-0.3, -0.25) is 9.36 Å². The largest absolute Gasteiger partial charge is 0.369 e. The van der Waals surface area contributed by atoms with E-state index >= 15 is 0 Å². The Kier molecular flexibility index (Phi) is 5.87. The summed E-state index contributed by atoms with van der Waals surface area (Å²) in [6.45, 7) is 3.55. The van der Waals surface area contributed by atoms with Crippen LogP contribution in [-0.4, -0.2) is 30.7 Å². The van der Waals surface area contributed by atoms with Gasteiger partial charge in [0.05, 0.1) is 21.2 Å². The predicted octanol–water partition coefficient (Wildman–Crippen LogP) is 6.03. The van der Waals surface area contributed by atoms with Gasteiger partial charge in [-0.2, -0.15) is 0 Å². The van der Waals surface area contributed by atoms with E-state index in [0.29, 0.717) is 20.8 Å². The fourth-order valence-electron chi connectivity index (χ4n) is 4.27. The van der Waals surface area contributed by atoms with Gasteiger partial charge in [0.1, 0.15) is 0 Å². The lowest BCUT2D eigenvalue weighted by atomic mass is 9.98. The molecule has 1 aromatic heterocycles. The Bertz CT molecular complexity index is 1360. The number of halogens is 3. The molecule has 162 valence electrons. The second-order valence-electron chi connectivity index (χ2n) is 7.72. The lowest BCUT2D eigenvalue weighted by Gasteiger charge is -2.30. The second-order valence-corrected chi connectivity index (χ2v) is 8.94. The summed E-state index contributed by atoms with van der Waals surface area (Å²) in [6, 6.07) is 20.6. The standard InChI is InChI=1S/C25H20Cl3N3O/c26-20-5-2-1-4-17(20)19-14-16(30-12-10-29-11-13-30)15-23-18(19)8-9-24(32)31(23)25-21(27)6-3-7-22(25)28/h1-9,14-15,29H,10-13H2. The number of rotatable bonds is 3. The van der Waals surface area contributed by atoms with Crippen molar-refractivity contribution in [1.29, 1.82) is 0 Å². The Balaban J connectivity index is 1.88. The first kappa shape index (κ1) is 21.4. The van der Waals surface area contributed by atoms with Crippen molar-refractivity contribution < 1.29 is 0 Å². The molecular weight excluding hydrogens is 465 g/mol. The van der Waals surface area contributed by atoms with Crippen molar-refractivity contribution in [3.8, 4) is 16.8 Å². The number of hydrogen-bond acceptors (Lipinski definition) is 3. The molecule has 1 fully saturated rings. The molecule has 0 bridgehead atoms. The van der Waals surface area contributed by atoms with Gasteiger partial charge in [0.2, 0.25) is 0 Å². The van der Waals surface area contributed by atoms with Crippen LogP contribution in [0.3, 0.4) is 0 Å². The summed E-state index contributed by atoms with van der Waals surface area (Å²) in [5.41, 5.74) is 3.91. The lowest BCUT2D eigenvalue weighted by molar-refractivity contribution is 0.589. The number of hydrogen-bond donors (Lipinski definition) is 1. The molecule has 0 radical (unpaired) electrons. The molecule has 0 atom stereocenters.